The van der Waals surface area contributed by atoms with Gasteiger partial charge in [-0.1, -0.05) is 6.42 Å². The number of amides is 2. The largest absolute Gasteiger partial charge is 0.501 e. The summed E-state index contributed by atoms with van der Waals surface area (Å²) in [5.74, 6) is -1.34. The number of nitrogens with one attached hydrogen (secondary N) is 1. The zero-order valence-corrected chi connectivity index (χ0v) is 16.6. The zero-order valence-electron chi connectivity index (χ0n) is 15.0. The van der Waals surface area contributed by atoms with Crippen molar-refractivity contribution in [2.24, 2.45) is 5.73 Å². The molecule has 2 amide bonds. The number of nitrogens with two attached hydrogens (primary N) is 1. The van der Waals surface area contributed by atoms with Crippen LogP contribution in [-0.4, -0.2) is 25.7 Å². The number of hydrogen-bond donors (Lipinski definition) is 2. The van der Waals surface area contributed by atoms with E-state index in [9.17, 15) is 31.2 Å². The highest BCUT2D eigenvalue weighted by atomic mass is 32.2. The number of alkyl halides is 3. The van der Waals surface area contributed by atoms with Gasteiger partial charge in [-0.2, -0.15) is 13.2 Å². The molecule has 1 aliphatic rings. The van der Waals surface area contributed by atoms with E-state index >= 15 is 0 Å². The molecule has 29 heavy (non-hydrogen) atoms. The van der Waals surface area contributed by atoms with Crippen LogP contribution < -0.4 is 11.1 Å². The summed E-state index contributed by atoms with van der Waals surface area (Å²) in [5.41, 5.74) is 1.12. The van der Waals surface area contributed by atoms with Gasteiger partial charge in [0.25, 0.3) is 21.7 Å². The van der Waals surface area contributed by atoms with Crippen molar-refractivity contribution in [3.8, 4) is 0 Å². The monoisotopic (exact) mass is 446 g/mol. The number of fused-ring (bicyclic) bond motifs is 1. The second-order valence-corrected chi connectivity index (χ2v) is 9.61. The van der Waals surface area contributed by atoms with Gasteiger partial charge < -0.3 is 11.1 Å². The van der Waals surface area contributed by atoms with Crippen LogP contribution in [-0.2, 0) is 22.7 Å². The highest BCUT2D eigenvalue weighted by Gasteiger charge is 2.46. The molecule has 3 N–H and O–H groups in total. The topological polar surface area (TPSA) is 106 Å². The summed E-state index contributed by atoms with van der Waals surface area (Å²) in [5, 5.41) is 2.87. The van der Waals surface area contributed by atoms with Crippen LogP contribution in [0.2, 0.25) is 0 Å². The second kappa shape index (κ2) is 7.79. The van der Waals surface area contributed by atoms with Crippen LogP contribution in [0.25, 0.3) is 0 Å². The van der Waals surface area contributed by atoms with Crippen LogP contribution in [0.1, 0.15) is 50.4 Å². The predicted octanol–water partition coefficient (Wildman–Crippen LogP) is 3.66. The fourth-order valence-electron chi connectivity index (χ4n) is 3.19. The molecule has 2 aromatic rings. The number of halogens is 3. The lowest BCUT2D eigenvalue weighted by Crippen LogP contribution is -2.23. The standard InChI is InChI=1S/C18H17F3N2O4S2/c19-18(20,21)29(26,27)11-8-6-10(7-9-11)16(25)23-17-14(15(22)24)12-4-2-1-3-5-13(12)28-17/h6-9H,1-5H2,(H2,22,24)(H,23,25). The number of thiophene rings is 1. The van der Waals surface area contributed by atoms with Gasteiger partial charge in [-0.3, -0.25) is 9.59 Å². The van der Waals surface area contributed by atoms with E-state index in [4.69, 9.17) is 5.73 Å². The number of carbonyl (C=O) groups is 2. The average Bonchev–Trinajstić information content (AvgIpc) is 2.82. The Morgan fingerprint density at radius 2 is 1.66 bits per heavy atom. The Kier molecular flexibility index (Phi) is 5.72. The number of hydrogen-bond acceptors (Lipinski definition) is 5. The Morgan fingerprint density at radius 3 is 2.24 bits per heavy atom. The van der Waals surface area contributed by atoms with Crippen LogP contribution in [0.5, 0.6) is 0 Å². The summed E-state index contributed by atoms with van der Waals surface area (Å²) < 4.78 is 60.7. The molecule has 156 valence electrons. The zero-order chi connectivity index (χ0) is 21.4. The van der Waals surface area contributed by atoms with Crippen LogP contribution in [0, 0.1) is 0 Å². The minimum atomic E-state index is -5.49. The van der Waals surface area contributed by atoms with Crippen molar-refractivity contribution >= 4 is 38.0 Å². The fraction of sp³-hybridized carbons (Fsp3) is 0.333. The predicted molar refractivity (Wildman–Crippen MR) is 102 cm³/mol. The van der Waals surface area contributed by atoms with Gasteiger partial charge >= 0.3 is 5.51 Å². The van der Waals surface area contributed by atoms with Gasteiger partial charge in [-0.05, 0) is 55.5 Å². The number of carbonyl (C=O) groups excluding carboxylic acids is 2. The maximum Gasteiger partial charge on any atom is 0.501 e. The molecule has 3 rings (SSSR count). The summed E-state index contributed by atoms with van der Waals surface area (Å²) in [6.45, 7) is 0. The molecule has 1 aliphatic carbocycles. The average molecular weight is 446 g/mol. The number of rotatable bonds is 4. The van der Waals surface area contributed by atoms with Crippen molar-refractivity contribution in [1.29, 1.82) is 0 Å². The molecule has 0 atom stereocenters. The van der Waals surface area contributed by atoms with Gasteiger partial charge in [0, 0.05) is 10.4 Å². The van der Waals surface area contributed by atoms with E-state index in [2.05, 4.69) is 5.32 Å². The molecule has 1 aromatic carbocycles. The maximum atomic E-state index is 12.6. The normalized spacial score (nSPS) is 14.7. The Labute approximate surface area is 168 Å². The van der Waals surface area contributed by atoms with E-state index < -0.39 is 32.1 Å². The number of benzene rings is 1. The molecular formula is C18H17F3N2O4S2. The summed E-state index contributed by atoms with van der Waals surface area (Å²) >= 11 is 1.26. The van der Waals surface area contributed by atoms with E-state index in [1.54, 1.807) is 0 Å². The van der Waals surface area contributed by atoms with Crippen LogP contribution in [0.15, 0.2) is 29.2 Å². The summed E-state index contributed by atoms with van der Waals surface area (Å²) in [4.78, 5) is 24.5. The van der Waals surface area contributed by atoms with E-state index in [-0.39, 0.29) is 11.1 Å². The number of sulfone groups is 1. The van der Waals surface area contributed by atoms with Gasteiger partial charge in [0.05, 0.1) is 10.5 Å². The Bertz CT molecular complexity index is 1060. The molecule has 0 spiro atoms. The molecule has 11 heteroatoms. The molecular weight excluding hydrogens is 429 g/mol. The van der Waals surface area contributed by atoms with E-state index in [1.165, 1.54) is 11.3 Å². The molecule has 0 saturated carbocycles. The molecule has 6 nitrogen and oxygen atoms in total. The summed E-state index contributed by atoms with van der Waals surface area (Å²) in [6, 6.07) is 3.40. The van der Waals surface area contributed by atoms with E-state index in [0.717, 1.165) is 60.4 Å². The molecule has 0 aliphatic heterocycles. The quantitative estimate of drug-likeness (QED) is 0.699. The van der Waals surface area contributed by atoms with Crippen molar-refractivity contribution in [3.05, 3.63) is 45.8 Å². The number of anilines is 1. The first-order valence-electron chi connectivity index (χ1n) is 8.69. The third kappa shape index (κ3) is 4.15. The molecule has 0 bridgehead atoms. The van der Waals surface area contributed by atoms with Gasteiger partial charge in [0.2, 0.25) is 0 Å². The van der Waals surface area contributed by atoms with Crippen LogP contribution >= 0.6 is 11.3 Å². The van der Waals surface area contributed by atoms with Crippen molar-refractivity contribution in [1.82, 2.24) is 0 Å². The Hall–Kier alpha value is -2.40. The highest BCUT2D eigenvalue weighted by molar-refractivity contribution is 7.92. The van der Waals surface area contributed by atoms with Gasteiger partial charge in [-0.25, -0.2) is 8.42 Å². The van der Waals surface area contributed by atoms with Crippen molar-refractivity contribution in [2.45, 2.75) is 42.5 Å². The molecule has 0 fully saturated rings. The minimum absolute atomic E-state index is 0.0508. The Balaban J connectivity index is 1.87. The van der Waals surface area contributed by atoms with Crippen LogP contribution in [0.4, 0.5) is 18.2 Å². The maximum absolute atomic E-state index is 12.6. The van der Waals surface area contributed by atoms with Crippen LogP contribution in [0.3, 0.4) is 0 Å². The Morgan fingerprint density at radius 1 is 1.03 bits per heavy atom. The van der Waals surface area contributed by atoms with Gasteiger partial charge in [0.1, 0.15) is 5.00 Å². The van der Waals surface area contributed by atoms with Crippen molar-refractivity contribution < 1.29 is 31.2 Å². The highest BCUT2D eigenvalue weighted by Crippen LogP contribution is 2.37. The van der Waals surface area contributed by atoms with E-state index in [0.29, 0.717) is 11.4 Å². The van der Waals surface area contributed by atoms with Gasteiger partial charge in [-0.15, -0.1) is 11.3 Å². The molecule has 1 aromatic heterocycles. The number of aryl methyl sites for hydroxylation is 1. The SMILES string of the molecule is NC(=O)c1c(NC(=O)c2ccc(S(=O)(=O)C(F)(F)F)cc2)sc2c1CCCCC2. The summed E-state index contributed by atoms with van der Waals surface area (Å²) in [6.07, 6.45) is 4.37. The molecule has 0 unspecified atom stereocenters. The van der Waals surface area contributed by atoms with Gasteiger partial charge in [0.15, 0.2) is 0 Å². The lowest BCUT2D eigenvalue weighted by atomic mass is 10.1. The lowest BCUT2D eigenvalue weighted by molar-refractivity contribution is -0.0436. The van der Waals surface area contributed by atoms with E-state index in [1.807, 2.05) is 0 Å². The first kappa shape index (κ1) is 21.3. The minimum Gasteiger partial charge on any atom is -0.365 e. The lowest BCUT2D eigenvalue weighted by Gasteiger charge is -2.09. The third-order valence-electron chi connectivity index (χ3n) is 4.63. The first-order chi connectivity index (χ1) is 13.5. The third-order valence-corrected chi connectivity index (χ3v) is 7.34. The number of primary amides is 1. The fourth-order valence-corrected chi connectivity index (χ4v) is 5.24. The van der Waals surface area contributed by atoms with Crippen molar-refractivity contribution in [2.75, 3.05) is 5.32 Å². The smallest absolute Gasteiger partial charge is 0.365 e. The molecule has 0 saturated heterocycles. The molecule has 1 heterocycles. The second-order valence-electron chi connectivity index (χ2n) is 6.56. The summed E-state index contributed by atoms with van der Waals surface area (Å²) in [7, 11) is -5.49. The van der Waals surface area contributed by atoms with Crippen molar-refractivity contribution in [3.63, 3.8) is 0 Å². The first-order valence-corrected chi connectivity index (χ1v) is 11.0. The molecule has 0 radical (unpaired) electrons.